The summed E-state index contributed by atoms with van der Waals surface area (Å²) in [6.45, 7) is 3.74. The molecular formula is C15H16N4O3S. The highest BCUT2D eigenvalue weighted by molar-refractivity contribution is 7.15. The number of benzene rings is 1. The smallest absolute Gasteiger partial charge is 0.265 e. The number of nitrogens with one attached hydrogen (secondary N) is 1. The average molecular weight is 332 g/mol. The summed E-state index contributed by atoms with van der Waals surface area (Å²) in [6.07, 6.45) is 0.766. The van der Waals surface area contributed by atoms with E-state index in [4.69, 9.17) is 4.74 Å². The quantitative estimate of drug-likeness (QED) is 0.922. The summed E-state index contributed by atoms with van der Waals surface area (Å²) in [4.78, 5) is 25.7. The van der Waals surface area contributed by atoms with Gasteiger partial charge in [0.2, 0.25) is 11.0 Å². The van der Waals surface area contributed by atoms with Crippen LogP contribution in [0.1, 0.15) is 17.5 Å². The molecule has 0 spiro atoms. The lowest BCUT2D eigenvalue weighted by Crippen LogP contribution is -2.43. The fourth-order valence-corrected chi connectivity index (χ4v) is 2.93. The van der Waals surface area contributed by atoms with E-state index < -0.39 is 0 Å². The van der Waals surface area contributed by atoms with Crippen LogP contribution in [-0.4, -0.2) is 35.2 Å². The highest BCUT2D eigenvalue weighted by Gasteiger charge is 2.27. The average Bonchev–Trinajstić information content (AvgIpc) is 2.98. The molecule has 23 heavy (non-hydrogen) atoms. The lowest BCUT2D eigenvalue weighted by molar-refractivity contribution is -0.123. The van der Waals surface area contributed by atoms with Crippen molar-refractivity contribution in [2.24, 2.45) is 0 Å². The highest BCUT2D eigenvalue weighted by Crippen LogP contribution is 2.32. The lowest BCUT2D eigenvalue weighted by atomic mass is 10.1. The SMILES string of the molecule is CCc1nnc(NC(=O)CN2C(=O)COc3ccc(C)cc32)s1. The molecule has 3 rings (SSSR count). The van der Waals surface area contributed by atoms with E-state index in [-0.39, 0.29) is 25.0 Å². The van der Waals surface area contributed by atoms with Crippen LogP contribution in [0.25, 0.3) is 0 Å². The Kier molecular flexibility index (Phi) is 4.24. The van der Waals surface area contributed by atoms with Gasteiger partial charge in [0.15, 0.2) is 6.61 Å². The molecule has 0 aliphatic carbocycles. The summed E-state index contributed by atoms with van der Waals surface area (Å²) in [5.74, 6) is 0.0449. The van der Waals surface area contributed by atoms with Gasteiger partial charge in [0.25, 0.3) is 5.91 Å². The summed E-state index contributed by atoms with van der Waals surface area (Å²) in [7, 11) is 0. The number of aromatic nitrogens is 2. The molecule has 2 heterocycles. The van der Waals surface area contributed by atoms with Crippen LogP contribution in [0.15, 0.2) is 18.2 Å². The minimum Gasteiger partial charge on any atom is -0.482 e. The van der Waals surface area contributed by atoms with Gasteiger partial charge < -0.3 is 4.74 Å². The number of fused-ring (bicyclic) bond motifs is 1. The van der Waals surface area contributed by atoms with Gasteiger partial charge in [0.1, 0.15) is 17.3 Å². The van der Waals surface area contributed by atoms with E-state index in [9.17, 15) is 9.59 Å². The Labute approximate surface area is 137 Å². The van der Waals surface area contributed by atoms with Crippen molar-refractivity contribution in [2.75, 3.05) is 23.4 Å². The first-order chi connectivity index (χ1) is 11.1. The van der Waals surface area contributed by atoms with Crippen LogP contribution in [0.4, 0.5) is 10.8 Å². The van der Waals surface area contributed by atoms with E-state index in [0.717, 1.165) is 17.0 Å². The molecule has 1 aliphatic heterocycles. The summed E-state index contributed by atoms with van der Waals surface area (Å²) in [6, 6.07) is 5.54. The molecule has 0 atom stereocenters. The van der Waals surface area contributed by atoms with Crippen molar-refractivity contribution in [3.8, 4) is 5.75 Å². The largest absolute Gasteiger partial charge is 0.482 e. The second-order valence-electron chi connectivity index (χ2n) is 5.14. The molecule has 1 aromatic carbocycles. The summed E-state index contributed by atoms with van der Waals surface area (Å²) >= 11 is 1.33. The first-order valence-electron chi connectivity index (χ1n) is 7.23. The number of carbonyl (C=O) groups is 2. The van der Waals surface area contributed by atoms with Crippen LogP contribution in [0, 0.1) is 6.92 Å². The van der Waals surface area contributed by atoms with Gasteiger partial charge in [-0.15, -0.1) is 10.2 Å². The topological polar surface area (TPSA) is 84.4 Å². The third kappa shape index (κ3) is 3.31. The third-order valence-corrected chi connectivity index (χ3v) is 4.36. The lowest BCUT2D eigenvalue weighted by Gasteiger charge is -2.29. The maximum Gasteiger partial charge on any atom is 0.265 e. The van der Waals surface area contributed by atoms with Crippen LogP contribution in [0.5, 0.6) is 5.75 Å². The number of hydrogen-bond donors (Lipinski definition) is 1. The zero-order chi connectivity index (χ0) is 16.4. The predicted octanol–water partition coefficient (Wildman–Crippen LogP) is 1.77. The van der Waals surface area contributed by atoms with Gasteiger partial charge in [-0.1, -0.05) is 24.3 Å². The molecule has 0 fully saturated rings. The molecule has 0 bridgehead atoms. The van der Waals surface area contributed by atoms with Gasteiger partial charge in [-0.3, -0.25) is 19.8 Å². The van der Waals surface area contributed by atoms with Crippen molar-refractivity contribution < 1.29 is 14.3 Å². The standard InChI is InChI=1S/C15H16N4O3S/c1-3-13-17-18-15(23-13)16-12(20)7-19-10-6-9(2)4-5-11(10)22-8-14(19)21/h4-6H,3,7-8H2,1-2H3,(H,16,18,20). The molecule has 120 valence electrons. The van der Waals surface area contributed by atoms with Gasteiger partial charge in [-0.2, -0.15) is 0 Å². The number of hydrogen-bond acceptors (Lipinski definition) is 6. The number of rotatable bonds is 4. The van der Waals surface area contributed by atoms with Crippen LogP contribution in [0.3, 0.4) is 0 Å². The van der Waals surface area contributed by atoms with Gasteiger partial charge >= 0.3 is 0 Å². The maximum atomic E-state index is 12.2. The predicted molar refractivity (Wildman–Crippen MR) is 86.9 cm³/mol. The number of amides is 2. The second-order valence-corrected chi connectivity index (χ2v) is 6.20. The minimum absolute atomic E-state index is 0.0673. The van der Waals surface area contributed by atoms with E-state index in [1.165, 1.54) is 16.2 Å². The van der Waals surface area contributed by atoms with Crippen molar-refractivity contribution in [1.82, 2.24) is 10.2 Å². The van der Waals surface area contributed by atoms with E-state index in [2.05, 4.69) is 15.5 Å². The number of anilines is 2. The van der Waals surface area contributed by atoms with E-state index in [0.29, 0.717) is 16.6 Å². The van der Waals surface area contributed by atoms with E-state index >= 15 is 0 Å². The molecule has 8 heteroatoms. The monoisotopic (exact) mass is 332 g/mol. The zero-order valence-corrected chi connectivity index (χ0v) is 13.6. The number of nitrogens with zero attached hydrogens (tertiary/aromatic N) is 3. The fourth-order valence-electron chi connectivity index (χ4n) is 2.23. The molecule has 0 saturated heterocycles. The Hall–Kier alpha value is -2.48. The van der Waals surface area contributed by atoms with Crippen LogP contribution in [0.2, 0.25) is 0 Å². The van der Waals surface area contributed by atoms with Gasteiger partial charge in [0, 0.05) is 0 Å². The Morgan fingerprint density at radius 2 is 2.26 bits per heavy atom. The van der Waals surface area contributed by atoms with Crippen molar-refractivity contribution >= 4 is 34.0 Å². The Morgan fingerprint density at radius 1 is 1.43 bits per heavy atom. The van der Waals surface area contributed by atoms with E-state index in [1.807, 2.05) is 26.0 Å². The molecule has 0 radical (unpaired) electrons. The third-order valence-electron chi connectivity index (χ3n) is 3.37. The Morgan fingerprint density at radius 3 is 3.00 bits per heavy atom. The van der Waals surface area contributed by atoms with Crippen LogP contribution >= 0.6 is 11.3 Å². The van der Waals surface area contributed by atoms with Crippen LogP contribution in [-0.2, 0) is 16.0 Å². The second kappa shape index (κ2) is 6.33. The van der Waals surface area contributed by atoms with Crippen molar-refractivity contribution in [1.29, 1.82) is 0 Å². The van der Waals surface area contributed by atoms with Crippen LogP contribution < -0.4 is 15.0 Å². The molecule has 0 unspecified atom stereocenters. The summed E-state index contributed by atoms with van der Waals surface area (Å²) < 4.78 is 5.40. The first kappa shape index (κ1) is 15.4. The molecular weight excluding hydrogens is 316 g/mol. The first-order valence-corrected chi connectivity index (χ1v) is 8.04. The molecule has 2 aromatic rings. The van der Waals surface area contributed by atoms with Gasteiger partial charge in [0.05, 0.1) is 5.69 Å². The molecule has 7 nitrogen and oxygen atoms in total. The number of carbonyl (C=O) groups excluding carboxylic acids is 2. The van der Waals surface area contributed by atoms with Gasteiger partial charge in [-0.25, -0.2) is 0 Å². The molecule has 2 amide bonds. The number of aryl methyl sites for hydroxylation is 2. The minimum atomic E-state index is -0.313. The van der Waals surface area contributed by atoms with E-state index in [1.54, 1.807) is 6.07 Å². The normalized spacial score (nSPS) is 13.5. The van der Waals surface area contributed by atoms with Gasteiger partial charge in [-0.05, 0) is 31.0 Å². The summed E-state index contributed by atoms with van der Waals surface area (Å²) in [5, 5.41) is 11.8. The molecule has 1 aromatic heterocycles. The maximum absolute atomic E-state index is 12.2. The fraction of sp³-hybridized carbons (Fsp3) is 0.333. The molecule has 0 saturated carbocycles. The van der Waals surface area contributed by atoms with Crippen molar-refractivity contribution in [2.45, 2.75) is 20.3 Å². The summed E-state index contributed by atoms with van der Waals surface area (Å²) in [5.41, 5.74) is 1.60. The Bertz CT molecular complexity index is 759. The zero-order valence-electron chi connectivity index (χ0n) is 12.8. The number of ether oxygens (including phenoxy) is 1. The molecule has 1 aliphatic rings. The Balaban J connectivity index is 1.75. The highest BCUT2D eigenvalue weighted by atomic mass is 32.1. The van der Waals surface area contributed by atoms with Crippen molar-refractivity contribution in [3.63, 3.8) is 0 Å². The molecule has 1 N–H and O–H groups in total. The van der Waals surface area contributed by atoms with Crippen molar-refractivity contribution in [3.05, 3.63) is 28.8 Å².